The average Bonchev–Trinajstić information content (AvgIpc) is 2.39. The first kappa shape index (κ1) is 12.2. The van der Waals surface area contributed by atoms with Crippen LogP contribution in [0.1, 0.15) is 11.1 Å². The summed E-state index contributed by atoms with van der Waals surface area (Å²) in [5.74, 6) is 1.16. The molecule has 0 saturated carbocycles. The smallest absolute Gasteiger partial charge is 0.238 e. The van der Waals surface area contributed by atoms with Crippen LogP contribution in [0.2, 0.25) is 0 Å². The van der Waals surface area contributed by atoms with Gasteiger partial charge in [-0.1, -0.05) is 0 Å². The molecule has 0 aliphatic carbocycles. The molecule has 3 N–H and O–H groups in total. The predicted octanol–water partition coefficient (Wildman–Crippen LogP) is 1.99. The third kappa shape index (κ3) is 2.68. The van der Waals surface area contributed by atoms with Crippen LogP contribution >= 0.6 is 0 Å². The third-order valence-electron chi connectivity index (χ3n) is 2.69. The average molecular weight is 244 g/mol. The highest BCUT2D eigenvalue weighted by atomic mass is 16.5. The van der Waals surface area contributed by atoms with E-state index in [-0.39, 0.29) is 0 Å². The molecule has 0 unspecified atom stereocenters. The fourth-order valence-corrected chi connectivity index (χ4v) is 1.58. The normalized spacial score (nSPS) is 10.1. The van der Waals surface area contributed by atoms with E-state index in [1.807, 2.05) is 18.3 Å². The van der Waals surface area contributed by atoms with Crippen molar-refractivity contribution in [2.24, 2.45) is 0 Å². The Labute approximate surface area is 106 Å². The lowest BCUT2D eigenvalue weighted by atomic mass is 10.1. The summed E-state index contributed by atoms with van der Waals surface area (Å²) in [6.45, 7) is 2.72. The third-order valence-corrected chi connectivity index (χ3v) is 2.69. The molecule has 0 aliphatic heterocycles. The number of methoxy groups -OCH3 is 1. The Hall–Kier alpha value is -2.30. The van der Waals surface area contributed by atoms with Gasteiger partial charge in [0, 0.05) is 18.9 Å². The summed E-state index contributed by atoms with van der Waals surface area (Å²) >= 11 is 0. The Bertz CT molecular complexity index is 542. The number of nitrogens with one attached hydrogen (secondary N) is 1. The van der Waals surface area contributed by atoms with Gasteiger partial charge in [-0.05, 0) is 36.2 Å². The number of aryl methyl sites for hydroxylation is 1. The summed E-state index contributed by atoms with van der Waals surface area (Å²) in [5, 5.41) is 3.22. The molecule has 5 heteroatoms. The van der Waals surface area contributed by atoms with Gasteiger partial charge in [0.25, 0.3) is 0 Å². The molecule has 0 amide bonds. The summed E-state index contributed by atoms with van der Waals surface area (Å²) in [5.41, 5.74) is 8.56. The second-order valence-corrected chi connectivity index (χ2v) is 3.95. The molecule has 2 aromatic heterocycles. The van der Waals surface area contributed by atoms with Crippen molar-refractivity contribution in [2.45, 2.75) is 13.5 Å². The van der Waals surface area contributed by atoms with Crippen LogP contribution in [0, 0.1) is 6.92 Å². The molecule has 2 rings (SSSR count). The van der Waals surface area contributed by atoms with Gasteiger partial charge in [-0.15, -0.1) is 0 Å². The minimum atomic E-state index is 0.433. The summed E-state index contributed by atoms with van der Waals surface area (Å²) in [6.07, 6.45) is 3.63. The fourth-order valence-electron chi connectivity index (χ4n) is 1.58. The molecule has 0 aliphatic rings. The van der Waals surface area contributed by atoms with Gasteiger partial charge in [0.05, 0.1) is 12.8 Å². The first-order valence-corrected chi connectivity index (χ1v) is 5.64. The van der Waals surface area contributed by atoms with Crippen molar-refractivity contribution in [1.29, 1.82) is 0 Å². The van der Waals surface area contributed by atoms with Gasteiger partial charge < -0.3 is 15.8 Å². The molecule has 18 heavy (non-hydrogen) atoms. The van der Waals surface area contributed by atoms with Crippen LogP contribution in [0.5, 0.6) is 5.88 Å². The van der Waals surface area contributed by atoms with Crippen molar-refractivity contribution in [2.75, 3.05) is 18.2 Å². The monoisotopic (exact) mass is 244 g/mol. The first-order valence-electron chi connectivity index (χ1n) is 5.64. The second kappa shape index (κ2) is 5.35. The maximum Gasteiger partial charge on any atom is 0.238 e. The molecule has 0 fully saturated rings. The topological polar surface area (TPSA) is 73.1 Å². The van der Waals surface area contributed by atoms with Crippen molar-refractivity contribution in [3.63, 3.8) is 0 Å². The maximum absolute atomic E-state index is 5.71. The van der Waals surface area contributed by atoms with E-state index in [1.54, 1.807) is 19.4 Å². The lowest BCUT2D eigenvalue weighted by Crippen LogP contribution is -2.05. The summed E-state index contributed by atoms with van der Waals surface area (Å²) in [4.78, 5) is 8.36. The quantitative estimate of drug-likeness (QED) is 0.860. The van der Waals surface area contributed by atoms with Crippen LogP contribution in [0.15, 0.2) is 30.6 Å². The van der Waals surface area contributed by atoms with E-state index in [9.17, 15) is 0 Å². The van der Waals surface area contributed by atoms with Crippen molar-refractivity contribution in [3.05, 3.63) is 41.7 Å². The molecule has 0 saturated heterocycles. The van der Waals surface area contributed by atoms with Crippen molar-refractivity contribution < 1.29 is 4.74 Å². The molecule has 0 radical (unpaired) electrons. The van der Waals surface area contributed by atoms with Crippen LogP contribution in [0.4, 0.5) is 11.5 Å². The van der Waals surface area contributed by atoms with E-state index in [0.717, 1.165) is 11.4 Å². The number of anilines is 2. The Kier molecular flexibility index (Phi) is 3.62. The number of pyridine rings is 2. The Balaban J connectivity index is 2.09. The molecule has 0 aromatic carbocycles. The molecule has 0 spiro atoms. The zero-order valence-electron chi connectivity index (χ0n) is 10.5. The molecule has 2 heterocycles. The Morgan fingerprint density at radius 2 is 2.17 bits per heavy atom. The van der Waals surface area contributed by atoms with E-state index in [1.165, 1.54) is 5.56 Å². The van der Waals surface area contributed by atoms with E-state index in [4.69, 9.17) is 10.5 Å². The van der Waals surface area contributed by atoms with Gasteiger partial charge in [-0.2, -0.15) is 4.98 Å². The van der Waals surface area contributed by atoms with Gasteiger partial charge in [-0.3, -0.25) is 4.98 Å². The van der Waals surface area contributed by atoms with E-state index in [2.05, 4.69) is 22.2 Å². The van der Waals surface area contributed by atoms with Crippen LogP contribution in [-0.2, 0) is 6.54 Å². The van der Waals surface area contributed by atoms with E-state index < -0.39 is 0 Å². The molecule has 5 nitrogen and oxygen atoms in total. The van der Waals surface area contributed by atoms with Gasteiger partial charge in [0.2, 0.25) is 5.88 Å². The number of aromatic nitrogens is 2. The summed E-state index contributed by atoms with van der Waals surface area (Å²) < 4.78 is 5.07. The molecule has 0 atom stereocenters. The van der Waals surface area contributed by atoms with Crippen molar-refractivity contribution in [1.82, 2.24) is 9.97 Å². The Morgan fingerprint density at radius 1 is 1.33 bits per heavy atom. The number of nitrogens with two attached hydrogens (primary N) is 1. The fraction of sp³-hybridized carbons (Fsp3) is 0.231. The van der Waals surface area contributed by atoms with Gasteiger partial charge >= 0.3 is 0 Å². The zero-order chi connectivity index (χ0) is 13.0. The number of hydrogen-bond acceptors (Lipinski definition) is 5. The highest BCUT2D eigenvalue weighted by Crippen LogP contribution is 2.20. The molecule has 0 bridgehead atoms. The SMILES string of the molecule is COc1nc(NCc2cnccc2C)ccc1N. The molecule has 2 aromatic rings. The van der Waals surface area contributed by atoms with Gasteiger partial charge in [0.15, 0.2) is 0 Å². The molecule has 94 valence electrons. The number of nitrogens with zero attached hydrogens (tertiary/aromatic N) is 2. The molecular weight excluding hydrogens is 228 g/mol. The lowest BCUT2D eigenvalue weighted by Gasteiger charge is -2.09. The van der Waals surface area contributed by atoms with Crippen molar-refractivity contribution >= 4 is 11.5 Å². The largest absolute Gasteiger partial charge is 0.479 e. The van der Waals surface area contributed by atoms with Crippen molar-refractivity contribution in [3.8, 4) is 5.88 Å². The zero-order valence-corrected chi connectivity index (χ0v) is 10.5. The highest BCUT2D eigenvalue weighted by Gasteiger charge is 2.03. The maximum atomic E-state index is 5.71. The number of nitrogen functional groups attached to an aromatic ring is 1. The minimum absolute atomic E-state index is 0.433. The van der Waals surface area contributed by atoms with E-state index in [0.29, 0.717) is 18.1 Å². The number of hydrogen-bond donors (Lipinski definition) is 2. The molecular formula is C13H16N4O. The first-order chi connectivity index (χ1) is 8.70. The lowest BCUT2D eigenvalue weighted by molar-refractivity contribution is 0.401. The minimum Gasteiger partial charge on any atom is -0.479 e. The summed E-state index contributed by atoms with van der Waals surface area (Å²) in [6, 6.07) is 5.57. The Morgan fingerprint density at radius 3 is 2.89 bits per heavy atom. The number of ether oxygens (including phenoxy) is 1. The second-order valence-electron chi connectivity index (χ2n) is 3.95. The van der Waals surface area contributed by atoms with Crippen LogP contribution in [-0.4, -0.2) is 17.1 Å². The highest BCUT2D eigenvalue weighted by molar-refractivity contribution is 5.53. The predicted molar refractivity (Wildman–Crippen MR) is 71.5 cm³/mol. The van der Waals surface area contributed by atoms with E-state index >= 15 is 0 Å². The van der Waals surface area contributed by atoms with Gasteiger partial charge in [0.1, 0.15) is 5.82 Å². The van der Waals surface area contributed by atoms with Crippen LogP contribution < -0.4 is 15.8 Å². The number of rotatable bonds is 4. The van der Waals surface area contributed by atoms with Crippen LogP contribution in [0.3, 0.4) is 0 Å². The summed E-state index contributed by atoms with van der Waals surface area (Å²) in [7, 11) is 1.55. The van der Waals surface area contributed by atoms with Crippen LogP contribution in [0.25, 0.3) is 0 Å². The van der Waals surface area contributed by atoms with Gasteiger partial charge in [-0.25, -0.2) is 0 Å². The standard InChI is InChI=1S/C13H16N4O/c1-9-5-6-15-7-10(9)8-16-12-4-3-11(14)13(17-12)18-2/h3-7H,8,14H2,1-2H3,(H,16,17).